The number of halogens is 3. The fraction of sp³-hybridized carbons (Fsp3) is 0.364. The lowest BCUT2D eigenvalue weighted by atomic mass is 10.1. The van der Waals surface area contributed by atoms with E-state index in [1.54, 1.807) is 0 Å². The highest BCUT2D eigenvalue weighted by Crippen LogP contribution is 2.35. The number of benzene rings is 1. The minimum absolute atomic E-state index is 0.184. The zero-order valence-electron chi connectivity index (χ0n) is 9.03. The van der Waals surface area contributed by atoms with Gasteiger partial charge in [0.2, 0.25) is 0 Å². The third kappa shape index (κ3) is 2.78. The molecule has 1 fully saturated rings. The van der Waals surface area contributed by atoms with Crippen LogP contribution >= 0.6 is 11.8 Å². The lowest BCUT2D eigenvalue weighted by Crippen LogP contribution is -2.30. The Morgan fingerprint density at radius 1 is 1.39 bits per heavy atom. The van der Waals surface area contributed by atoms with Crippen molar-refractivity contribution in [1.82, 2.24) is 0 Å². The summed E-state index contributed by atoms with van der Waals surface area (Å²) in [4.78, 5) is 11.4. The van der Waals surface area contributed by atoms with Gasteiger partial charge >= 0.3 is 12.1 Å². The van der Waals surface area contributed by atoms with Crippen LogP contribution < -0.4 is 0 Å². The average molecular weight is 278 g/mol. The van der Waals surface area contributed by atoms with Crippen LogP contribution in [-0.2, 0) is 10.9 Å². The minimum Gasteiger partial charge on any atom is -0.478 e. The van der Waals surface area contributed by atoms with Crippen LogP contribution in [-0.4, -0.2) is 29.5 Å². The maximum absolute atomic E-state index is 12.6. The summed E-state index contributed by atoms with van der Waals surface area (Å²) in [5.41, 5.74) is -1.84. The van der Waals surface area contributed by atoms with Crippen molar-refractivity contribution in [3.63, 3.8) is 0 Å². The lowest BCUT2D eigenvalue weighted by molar-refractivity contribution is -0.138. The number of carboxylic acid groups (broad SMARTS) is 1. The molecular weight excluding hydrogens is 269 g/mol. The fourth-order valence-electron chi connectivity index (χ4n) is 1.50. The molecule has 1 aliphatic heterocycles. The number of ether oxygens (including phenoxy) is 1. The molecule has 0 spiro atoms. The average Bonchev–Trinajstić information content (AvgIpc) is 2.21. The van der Waals surface area contributed by atoms with Gasteiger partial charge in [0.1, 0.15) is 0 Å². The third-order valence-corrected chi connectivity index (χ3v) is 3.57. The first-order valence-corrected chi connectivity index (χ1v) is 5.95. The van der Waals surface area contributed by atoms with E-state index in [2.05, 4.69) is 0 Å². The number of aromatic carboxylic acids is 1. The Kier molecular flexibility index (Phi) is 3.54. The predicted octanol–water partition coefficient (Wildman–Crippen LogP) is 2.89. The van der Waals surface area contributed by atoms with Crippen LogP contribution in [0.4, 0.5) is 13.2 Å². The zero-order chi connectivity index (χ0) is 13.3. The maximum atomic E-state index is 12.6. The Morgan fingerprint density at radius 3 is 2.50 bits per heavy atom. The molecule has 1 aliphatic rings. The van der Waals surface area contributed by atoms with Gasteiger partial charge in [0, 0.05) is 4.90 Å². The van der Waals surface area contributed by atoms with E-state index in [0.717, 1.165) is 12.1 Å². The van der Waals surface area contributed by atoms with Crippen molar-refractivity contribution in [2.45, 2.75) is 16.3 Å². The van der Waals surface area contributed by atoms with E-state index < -0.39 is 23.3 Å². The summed E-state index contributed by atoms with van der Waals surface area (Å²) >= 11 is 1.33. The molecule has 0 aromatic heterocycles. The molecule has 1 heterocycles. The van der Waals surface area contributed by atoms with Crippen molar-refractivity contribution in [2.24, 2.45) is 0 Å². The van der Waals surface area contributed by atoms with Gasteiger partial charge in [0.05, 0.1) is 29.6 Å². The first-order chi connectivity index (χ1) is 8.38. The largest absolute Gasteiger partial charge is 0.478 e. The van der Waals surface area contributed by atoms with Crippen molar-refractivity contribution < 1.29 is 27.8 Å². The number of hydrogen-bond donors (Lipinski definition) is 1. The van der Waals surface area contributed by atoms with Crippen LogP contribution in [0.5, 0.6) is 0 Å². The number of carbonyl (C=O) groups is 1. The molecule has 3 nitrogen and oxygen atoms in total. The molecule has 2 rings (SSSR count). The third-order valence-electron chi connectivity index (χ3n) is 2.44. The van der Waals surface area contributed by atoms with Gasteiger partial charge in [-0.15, -0.1) is 11.8 Å². The highest BCUT2D eigenvalue weighted by molar-refractivity contribution is 8.00. The number of alkyl halides is 3. The SMILES string of the molecule is O=C(O)c1cc(SC2COC2)ccc1C(F)(F)F. The van der Waals surface area contributed by atoms with Crippen molar-refractivity contribution in [2.75, 3.05) is 13.2 Å². The Bertz CT molecular complexity index is 469. The quantitative estimate of drug-likeness (QED) is 0.923. The maximum Gasteiger partial charge on any atom is 0.417 e. The highest BCUT2D eigenvalue weighted by atomic mass is 32.2. The van der Waals surface area contributed by atoms with Crippen LogP contribution in [0.3, 0.4) is 0 Å². The summed E-state index contributed by atoms with van der Waals surface area (Å²) in [5.74, 6) is -1.57. The first-order valence-electron chi connectivity index (χ1n) is 5.07. The summed E-state index contributed by atoms with van der Waals surface area (Å²) < 4.78 is 42.7. The molecule has 0 bridgehead atoms. The molecule has 18 heavy (non-hydrogen) atoms. The van der Waals surface area contributed by atoms with Crippen molar-refractivity contribution >= 4 is 17.7 Å². The van der Waals surface area contributed by atoms with Gasteiger partial charge < -0.3 is 9.84 Å². The molecule has 0 aliphatic carbocycles. The van der Waals surface area contributed by atoms with Crippen LogP contribution in [0.1, 0.15) is 15.9 Å². The van der Waals surface area contributed by atoms with Crippen LogP contribution in [0.2, 0.25) is 0 Å². The molecule has 0 atom stereocenters. The lowest BCUT2D eigenvalue weighted by Gasteiger charge is -2.25. The van der Waals surface area contributed by atoms with Crippen molar-refractivity contribution in [3.05, 3.63) is 29.3 Å². The summed E-state index contributed by atoms with van der Waals surface area (Å²) in [6, 6.07) is 3.16. The zero-order valence-corrected chi connectivity index (χ0v) is 9.85. The van der Waals surface area contributed by atoms with Gasteiger partial charge in [0.15, 0.2) is 0 Å². The van der Waals surface area contributed by atoms with Gasteiger partial charge in [-0.2, -0.15) is 13.2 Å². The van der Waals surface area contributed by atoms with E-state index in [4.69, 9.17) is 9.84 Å². The Morgan fingerprint density at radius 2 is 2.06 bits per heavy atom. The van der Waals surface area contributed by atoms with Crippen LogP contribution in [0.25, 0.3) is 0 Å². The molecule has 1 N–H and O–H groups in total. The molecule has 7 heteroatoms. The molecule has 98 valence electrons. The topological polar surface area (TPSA) is 46.5 Å². The molecule has 0 radical (unpaired) electrons. The normalized spacial score (nSPS) is 16.4. The Balaban J connectivity index is 2.30. The van der Waals surface area contributed by atoms with Gasteiger partial charge in [-0.3, -0.25) is 0 Å². The second-order valence-electron chi connectivity index (χ2n) is 3.79. The van der Waals surface area contributed by atoms with E-state index in [0.29, 0.717) is 18.1 Å². The monoisotopic (exact) mass is 278 g/mol. The summed E-state index contributed by atoms with van der Waals surface area (Å²) in [6.07, 6.45) is -4.66. The van der Waals surface area contributed by atoms with E-state index >= 15 is 0 Å². The number of rotatable bonds is 3. The second-order valence-corrected chi connectivity index (χ2v) is 5.16. The molecule has 1 aromatic rings. The first kappa shape index (κ1) is 13.2. The van der Waals surface area contributed by atoms with E-state index in [1.165, 1.54) is 17.8 Å². The molecule has 0 saturated carbocycles. The summed E-state index contributed by atoms with van der Waals surface area (Å²) in [7, 11) is 0. The van der Waals surface area contributed by atoms with E-state index in [-0.39, 0.29) is 5.25 Å². The Labute approximate surface area is 105 Å². The second kappa shape index (κ2) is 4.81. The number of thioether (sulfide) groups is 1. The van der Waals surface area contributed by atoms with Crippen LogP contribution in [0, 0.1) is 0 Å². The van der Waals surface area contributed by atoms with Crippen LogP contribution in [0.15, 0.2) is 23.1 Å². The van der Waals surface area contributed by atoms with Gasteiger partial charge in [0.25, 0.3) is 0 Å². The summed E-state index contributed by atoms with van der Waals surface area (Å²) in [5, 5.41) is 9.01. The Hall–Kier alpha value is -1.21. The van der Waals surface area contributed by atoms with Crippen molar-refractivity contribution in [3.8, 4) is 0 Å². The fourth-order valence-corrected chi connectivity index (χ4v) is 2.54. The van der Waals surface area contributed by atoms with E-state index in [9.17, 15) is 18.0 Å². The van der Waals surface area contributed by atoms with Crippen molar-refractivity contribution in [1.29, 1.82) is 0 Å². The van der Waals surface area contributed by atoms with Gasteiger partial charge in [-0.1, -0.05) is 0 Å². The summed E-state index contributed by atoms with van der Waals surface area (Å²) in [6.45, 7) is 1.07. The van der Waals surface area contributed by atoms with Gasteiger partial charge in [-0.05, 0) is 18.2 Å². The molecule has 1 saturated heterocycles. The molecular formula is C11H9F3O3S. The number of carboxylic acids is 1. The number of hydrogen-bond acceptors (Lipinski definition) is 3. The highest BCUT2D eigenvalue weighted by Gasteiger charge is 2.35. The minimum atomic E-state index is -4.66. The smallest absolute Gasteiger partial charge is 0.417 e. The molecule has 0 unspecified atom stereocenters. The van der Waals surface area contributed by atoms with E-state index in [1.807, 2.05) is 0 Å². The molecule has 1 aromatic carbocycles. The van der Waals surface area contributed by atoms with Gasteiger partial charge in [-0.25, -0.2) is 4.79 Å². The standard InChI is InChI=1S/C11H9F3O3S/c12-11(13,14)9-2-1-6(3-8(9)10(15)16)18-7-4-17-5-7/h1-3,7H,4-5H2,(H,15,16). The molecule has 0 amide bonds. The predicted molar refractivity (Wildman–Crippen MR) is 58.9 cm³/mol.